The van der Waals surface area contributed by atoms with E-state index >= 15 is 0 Å². The number of hydrogen-bond acceptors (Lipinski definition) is 6. The van der Waals surface area contributed by atoms with Gasteiger partial charge in [-0.2, -0.15) is 5.10 Å². The first-order valence-electron chi connectivity index (χ1n) is 5.99. The Hall–Kier alpha value is -2.42. The van der Waals surface area contributed by atoms with E-state index in [1.54, 1.807) is 24.0 Å². The zero-order chi connectivity index (χ0) is 15.6. The smallest absolute Gasteiger partial charge is 0.310 e. The number of aromatic nitrogens is 2. The molecule has 2 rings (SSSR count). The Balaban J connectivity index is 2.40. The minimum atomic E-state index is -3.68. The fourth-order valence-corrected chi connectivity index (χ4v) is 2.77. The van der Waals surface area contributed by atoms with E-state index in [2.05, 4.69) is 10.4 Å². The second-order valence-electron chi connectivity index (χ2n) is 4.48. The number of sulfone groups is 1. The SMILES string of the molecule is Cn1nccc1CNc1cccc(S(C)(=O)=O)c1[N+](=O)[O-]. The van der Waals surface area contributed by atoms with Crippen molar-refractivity contribution in [2.24, 2.45) is 7.05 Å². The average Bonchev–Trinajstić information content (AvgIpc) is 2.80. The average molecular weight is 310 g/mol. The summed E-state index contributed by atoms with van der Waals surface area (Å²) in [4.78, 5) is 10.2. The van der Waals surface area contributed by atoms with Gasteiger partial charge < -0.3 is 5.32 Å². The molecule has 21 heavy (non-hydrogen) atoms. The summed E-state index contributed by atoms with van der Waals surface area (Å²) in [5, 5.41) is 18.1. The number of aryl methyl sites for hydroxylation is 1. The van der Waals surface area contributed by atoms with Crippen molar-refractivity contribution < 1.29 is 13.3 Å². The van der Waals surface area contributed by atoms with E-state index in [4.69, 9.17) is 0 Å². The van der Waals surface area contributed by atoms with Gasteiger partial charge in [0.15, 0.2) is 9.84 Å². The van der Waals surface area contributed by atoms with Crippen LogP contribution in [0.15, 0.2) is 35.4 Å². The third kappa shape index (κ3) is 3.19. The van der Waals surface area contributed by atoms with E-state index in [1.807, 2.05) is 0 Å². The Morgan fingerprint density at radius 2 is 2.10 bits per heavy atom. The number of anilines is 1. The van der Waals surface area contributed by atoms with E-state index < -0.39 is 20.4 Å². The van der Waals surface area contributed by atoms with Gasteiger partial charge in [0.05, 0.1) is 17.2 Å². The molecule has 1 N–H and O–H groups in total. The topological polar surface area (TPSA) is 107 Å². The molecule has 1 heterocycles. The monoisotopic (exact) mass is 310 g/mol. The summed E-state index contributed by atoms with van der Waals surface area (Å²) < 4.78 is 24.9. The minimum Gasteiger partial charge on any atom is -0.374 e. The van der Waals surface area contributed by atoms with Gasteiger partial charge in [0.1, 0.15) is 10.6 Å². The fraction of sp³-hybridized carbons (Fsp3) is 0.250. The molecule has 1 aromatic carbocycles. The van der Waals surface area contributed by atoms with Gasteiger partial charge in [-0.05, 0) is 18.2 Å². The number of para-hydroxylation sites is 1. The lowest BCUT2D eigenvalue weighted by molar-refractivity contribution is -0.386. The number of rotatable bonds is 5. The van der Waals surface area contributed by atoms with Crippen LogP contribution < -0.4 is 5.32 Å². The van der Waals surface area contributed by atoms with E-state index in [0.717, 1.165) is 11.9 Å². The van der Waals surface area contributed by atoms with E-state index in [1.165, 1.54) is 18.2 Å². The summed E-state index contributed by atoms with van der Waals surface area (Å²) in [6, 6.07) is 5.93. The van der Waals surface area contributed by atoms with Crippen molar-refractivity contribution in [1.29, 1.82) is 0 Å². The van der Waals surface area contributed by atoms with Crippen molar-refractivity contribution in [3.05, 3.63) is 46.3 Å². The minimum absolute atomic E-state index is 0.157. The molecule has 0 unspecified atom stereocenters. The predicted molar refractivity (Wildman–Crippen MR) is 76.7 cm³/mol. The maximum Gasteiger partial charge on any atom is 0.310 e. The molecule has 0 aliphatic rings. The molecule has 0 spiro atoms. The van der Waals surface area contributed by atoms with Crippen molar-refractivity contribution in [2.75, 3.05) is 11.6 Å². The first kappa shape index (κ1) is 15.0. The van der Waals surface area contributed by atoms with Gasteiger partial charge in [-0.25, -0.2) is 8.42 Å². The standard InChI is InChI=1S/C12H14N4O4S/c1-15-9(6-7-14-15)8-13-10-4-3-5-11(21(2,19)20)12(10)16(17)18/h3-7,13H,8H2,1-2H3. The Bertz CT molecular complexity index is 782. The van der Waals surface area contributed by atoms with Crippen LogP contribution in [0.3, 0.4) is 0 Å². The third-order valence-corrected chi connectivity index (χ3v) is 4.09. The van der Waals surface area contributed by atoms with Gasteiger partial charge in [-0.3, -0.25) is 14.8 Å². The summed E-state index contributed by atoms with van der Waals surface area (Å²) in [6.45, 7) is 0.296. The van der Waals surface area contributed by atoms with Gasteiger partial charge in [-0.15, -0.1) is 0 Å². The van der Waals surface area contributed by atoms with Crippen LogP contribution in [0.25, 0.3) is 0 Å². The van der Waals surface area contributed by atoms with Gasteiger partial charge in [0.25, 0.3) is 0 Å². The van der Waals surface area contributed by atoms with Crippen LogP contribution >= 0.6 is 0 Å². The van der Waals surface area contributed by atoms with E-state index in [9.17, 15) is 18.5 Å². The second kappa shape index (κ2) is 5.52. The van der Waals surface area contributed by atoms with Crippen LogP contribution in [0.5, 0.6) is 0 Å². The van der Waals surface area contributed by atoms with Crippen molar-refractivity contribution in [3.8, 4) is 0 Å². The Morgan fingerprint density at radius 1 is 1.38 bits per heavy atom. The molecule has 0 atom stereocenters. The summed E-state index contributed by atoms with van der Waals surface area (Å²) >= 11 is 0. The van der Waals surface area contributed by atoms with Gasteiger partial charge >= 0.3 is 5.69 Å². The first-order valence-corrected chi connectivity index (χ1v) is 7.88. The number of benzene rings is 1. The molecular formula is C12H14N4O4S. The van der Waals surface area contributed by atoms with Crippen LogP contribution in [-0.2, 0) is 23.4 Å². The quantitative estimate of drug-likeness (QED) is 0.659. The van der Waals surface area contributed by atoms with E-state index in [0.29, 0.717) is 6.54 Å². The fourth-order valence-electron chi connectivity index (χ4n) is 1.91. The summed E-state index contributed by atoms with van der Waals surface area (Å²) in [5.41, 5.74) is 0.528. The van der Waals surface area contributed by atoms with Gasteiger partial charge in [-0.1, -0.05) is 6.07 Å². The third-order valence-electron chi connectivity index (χ3n) is 2.96. The number of nitro benzene ring substituents is 1. The number of nitro groups is 1. The van der Waals surface area contributed by atoms with Crippen molar-refractivity contribution in [2.45, 2.75) is 11.4 Å². The van der Waals surface area contributed by atoms with Crippen molar-refractivity contribution in [1.82, 2.24) is 9.78 Å². The Labute approximate surface area is 121 Å². The number of nitrogens with zero attached hydrogens (tertiary/aromatic N) is 3. The molecule has 0 aliphatic heterocycles. The lowest BCUT2D eigenvalue weighted by atomic mass is 10.2. The maximum absolute atomic E-state index is 11.7. The highest BCUT2D eigenvalue weighted by molar-refractivity contribution is 7.90. The largest absolute Gasteiger partial charge is 0.374 e. The molecule has 1 aromatic heterocycles. The number of nitrogens with one attached hydrogen (secondary N) is 1. The molecule has 0 fully saturated rings. The molecule has 112 valence electrons. The highest BCUT2D eigenvalue weighted by Gasteiger charge is 2.25. The Kier molecular flexibility index (Phi) is 3.94. The van der Waals surface area contributed by atoms with Crippen molar-refractivity contribution >= 4 is 21.2 Å². The van der Waals surface area contributed by atoms with Crippen LogP contribution in [0, 0.1) is 10.1 Å². The normalized spacial score (nSPS) is 11.3. The highest BCUT2D eigenvalue weighted by atomic mass is 32.2. The Morgan fingerprint density at radius 3 is 2.62 bits per heavy atom. The predicted octanol–water partition coefficient (Wildman–Crippen LogP) is 1.34. The lowest BCUT2D eigenvalue weighted by Gasteiger charge is -2.09. The van der Waals surface area contributed by atoms with Crippen LogP contribution in [0.4, 0.5) is 11.4 Å². The maximum atomic E-state index is 11.7. The van der Waals surface area contributed by atoms with Gasteiger partial charge in [0.2, 0.25) is 0 Å². The molecule has 0 bridgehead atoms. The summed E-state index contributed by atoms with van der Waals surface area (Å²) in [6.07, 6.45) is 2.55. The van der Waals surface area contributed by atoms with Gasteiger partial charge in [0, 0.05) is 19.5 Å². The molecule has 2 aromatic rings. The van der Waals surface area contributed by atoms with Crippen LogP contribution in [-0.4, -0.2) is 29.4 Å². The first-order chi connectivity index (χ1) is 9.80. The highest BCUT2D eigenvalue weighted by Crippen LogP contribution is 2.32. The number of hydrogen-bond donors (Lipinski definition) is 1. The zero-order valence-corrected chi connectivity index (χ0v) is 12.3. The molecule has 8 nitrogen and oxygen atoms in total. The molecule has 0 amide bonds. The van der Waals surface area contributed by atoms with E-state index in [-0.39, 0.29) is 10.6 Å². The molecule has 0 aliphatic carbocycles. The summed E-state index contributed by atoms with van der Waals surface area (Å²) in [5.74, 6) is 0. The molecule has 9 heteroatoms. The summed E-state index contributed by atoms with van der Waals surface area (Å²) in [7, 11) is -1.93. The van der Waals surface area contributed by atoms with Crippen LogP contribution in [0.1, 0.15) is 5.69 Å². The molecule has 0 saturated carbocycles. The zero-order valence-electron chi connectivity index (χ0n) is 11.5. The molecule has 0 radical (unpaired) electrons. The lowest BCUT2D eigenvalue weighted by Crippen LogP contribution is -2.09. The molecular weight excluding hydrogens is 296 g/mol. The molecule has 0 saturated heterocycles. The second-order valence-corrected chi connectivity index (χ2v) is 6.47. The van der Waals surface area contributed by atoms with Crippen molar-refractivity contribution in [3.63, 3.8) is 0 Å². The van der Waals surface area contributed by atoms with Crippen LogP contribution in [0.2, 0.25) is 0 Å².